The van der Waals surface area contributed by atoms with E-state index in [1.165, 1.54) is 4.88 Å². The Labute approximate surface area is 166 Å². The largest absolute Gasteiger partial charge is 0.496 e. The number of nitrogens with one attached hydrogen (secondary N) is 1. The van der Waals surface area contributed by atoms with Gasteiger partial charge >= 0.3 is 0 Å². The van der Waals surface area contributed by atoms with E-state index in [1.807, 2.05) is 23.7 Å². The highest BCUT2D eigenvalue weighted by Gasteiger charge is 2.20. The van der Waals surface area contributed by atoms with E-state index >= 15 is 0 Å². The van der Waals surface area contributed by atoms with Gasteiger partial charge in [-0.3, -0.25) is 0 Å². The van der Waals surface area contributed by atoms with Crippen molar-refractivity contribution in [3.05, 3.63) is 56.7 Å². The summed E-state index contributed by atoms with van der Waals surface area (Å²) in [5.41, 5.74) is 1.04. The van der Waals surface area contributed by atoms with Crippen molar-refractivity contribution in [2.24, 2.45) is 0 Å². The Morgan fingerprint density at radius 2 is 2.08 bits per heavy atom. The number of aromatic nitrogens is 1. The van der Waals surface area contributed by atoms with Crippen molar-refractivity contribution in [2.45, 2.75) is 19.0 Å². The van der Waals surface area contributed by atoms with E-state index in [4.69, 9.17) is 14.2 Å². The molecule has 1 aliphatic rings. The lowest BCUT2D eigenvalue weighted by atomic mass is 10.1. The van der Waals surface area contributed by atoms with Gasteiger partial charge in [-0.25, -0.2) is 4.98 Å². The van der Waals surface area contributed by atoms with Crippen LogP contribution >= 0.6 is 35.1 Å². The van der Waals surface area contributed by atoms with E-state index in [0.717, 1.165) is 34.2 Å². The average Bonchev–Trinajstić information content (AvgIpc) is 3.39. The second-order valence-electron chi connectivity index (χ2n) is 5.60. The smallest absolute Gasteiger partial charge is 0.231 e. The third-order valence-corrected chi connectivity index (χ3v) is 5.84. The Kier molecular flexibility index (Phi) is 6.37. The van der Waals surface area contributed by atoms with Crippen molar-refractivity contribution < 1.29 is 14.2 Å². The van der Waals surface area contributed by atoms with Crippen LogP contribution in [0.25, 0.3) is 0 Å². The average molecular weight is 411 g/mol. The number of thiazole rings is 1. The molecule has 3 aromatic rings. The lowest BCUT2D eigenvalue weighted by molar-refractivity contribution is 0.174. The summed E-state index contributed by atoms with van der Waals surface area (Å²) < 4.78 is 16.4. The quantitative estimate of drug-likeness (QED) is 0.624. The molecule has 4 rings (SSSR count). The van der Waals surface area contributed by atoms with Crippen molar-refractivity contribution in [2.75, 3.05) is 13.9 Å². The molecule has 0 amide bonds. The van der Waals surface area contributed by atoms with E-state index in [1.54, 1.807) is 29.8 Å². The van der Waals surface area contributed by atoms with Crippen LogP contribution in [0.4, 0.5) is 0 Å². The minimum Gasteiger partial charge on any atom is -0.496 e. The Morgan fingerprint density at radius 1 is 1.23 bits per heavy atom. The molecule has 5 nitrogen and oxygen atoms in total. The van der Waals surface area contributed by atoms with Crippen molar-refractivity contribution in [1.82, 2.24) is 10.3 Å². The zero-order chi connectivity index (χ0) is 17.1. The first kappa shape index (κ1) is 19.0. The molecule has 1 aromatic carbocycles. The first-order valence-electron chi connectivity index (χ1n) is 7.95. The van der Waals surface area contributed by atoms with Crippen LogP contribution < -0.4 is 19.5 Å². The van der Waals surface area contributed by atoms with Gasteiger partial charge in [-0.15, -0.1) is 35.1 Å². The number of nitrogens with zero attached hydrogens (tertiary/aromatic N) is 1. The van der Waals surface area contributed by atoms with Crippen LogP contribution in [-0.2, 0) is 13.0 Å². The normalized spacial score (nSPS) is 13.3. The molecule has 8 heteroatoms. The van der Waals surface area contributed by atoms with E-state index in [9.17, 15) is 0 Å². The van der Waals surface area contributed by atoms with Gasteiger partial charge in [-0.2, -0.15) is 0 Å². The minimum absolute atomic E-state index is 0. The molecule has 1 N–H and O–H groups in total. The fraction of sp³-hybridized carbons (Fsp3) is 0.278. The molecular weight excluding hydrogens is 392 g/mol. The van der Waals surface area contributed by atoms with E-state index in [-0.39, 0.29) is 25.2 Å². The summed E-state index contributed by atoms with van der Waals surface area (Å²) in [5, 5.41) is 8.83. The van der Waals surface area contributed by atoms with Crippen LogP contribution in [0.15, 0.2) is 41.2 Å². The van der Waals surface area contributed by atoms with E-state index in [2.05, 4.69) is 27.8 Å². The number of hydrogen-bond donors (Lipinski definition) is 1. The molecule has 1 aliphatic heterocycles. The van der Waals surface area contributed by atoms with Gasteiger partial charge in [0, 0.05) is 41.0 Å². The summed E-state index contributed by atoms with van der Waals surface area (Å²) >= 11 is 3.44. The zero-order valence-corrected chi connectivity index (χ0v) is 16.6. The number of thiophene rings is 1. The van der Waals surface area contributed by atoms with Gasteiger partial charge in [0.1, 0.15) is 10.8 Å². The van der Waals surface area contributed by atoms with Crippen molar-refractivity contribution in [3.63, 3.8) is 0 Å². The monoisotopic (exact) mass is 410 g/mol. The lowest BCUT2D eigenvalue weighted by Crippen LogP contribution is -2.23. The molecule has 1 atom stereocenters. The van der Waals surface area contributed by atoms with Crippen molar-refractivity contribution >= 4 is 35.1 Å². The number of benzene rings is 1. The summed E-state index contributed by atoms with van der Waals surface area (Å²) in [6.45, 7) is 0.922. The van der Waals surface area contributed by atoms with E-state index in [0.29, 0.717) is 6.54 Å². The number of halogens is 1. The van der Waals surface area contributed by atoms with Gasteiger partial charge in [0.2, 0.25) is 6.79 Å². The summed E-state index contributed by atoms with van der Waals surface area (Å²) in [5.74, 6) is 2.29. The highest BCUT2D eigenvalue weighted by Crippen LogP contribution is 2.38. The highest BCUT2D eigenvalue weighted by atomic mass is 35.5. The van der Waals surface area contributed by atoms with Gasteiger partial charge in [0.25, 0.3) is 0 Å². The maximum atomic E-state index is 5.51. The SMILES string of the molecule is COc1cc2c(cc1CNC(Cc1cccs1)c1nccs1)OCO2.Cl. The fourth-order valence-electron chi connectivity index (χ4n) is 2.81. The van der Waals surface area contributed by atoms with Crippen LogP contribution in [0, 0.1) is 0 Å². The molecule has 0 radical (unpaired) electrons. The molecule has 0 bridgehead atoms. The first-order valence-corrected chi connectivity index (χ1v) is 9.71. The maximum absolute atomic E-state index is 5.51. The molecule has 1 unspecified atom stereocenters. The van der Waals surface area contributed by atoms with Crippen LogP contribution in [0.3, 0.4) is 0 Å². The lowest BCUT2D eigenvalue weighted by Gasteiger charge is -2.17. The van der Waals surface area contributed by atoms with Crippen LogP contribution in [0.2, 0.25) is 0 Å². The second-order valence-corrected chi connectivity index (χ2v) is 7.56. The number of fused-ring (bicyclic) bond motifs is 1. The van der Waals surface area contributed by atoms with Crippen molar-refractivity contribution in [3.8, 4) is 17.2 Å². The fourth-order valence-corrected chi connectivity index (χ4v) is 4.28. The van der Waals surface area contributed by atoms with E-state index < -0.39 is 0 Å². The minimum atomic E-state index is 0. The Bertz CT molecular complexity index is 825. The van der Waals surface area contributed by atoms with Crippen LogP contribution in [0.5, 0.6) is 17.2 Å². The molecular formula is C18H19ClN2O3S2. The Hall–Kier alpha value is -1.80. The highest BCUT2D eigenvalue weighted by molar-refractivity contribution is 7.10. The standard InChI is InChI=1S/C18H18N2O3S2.ClH/c1-21-15-9-17-16(22-11-23-17)7-12(15)10-20-14(18-19-4-6-25-18)8-13-3-2-5-24-13;/h2-7,9,14,20H,8,10-11H2,1H3;1H. The third kappa shape index (κ3) is 4.12. The zero-order valence-electron chi connectivity index (χ0n) is 14.1. The predicted octanol–water partition coefficient (Wildman–Crippen LogP) is 4.44. The molecule has 138 valence electrons. The van der Waals surface area contributed by atoms with Crippen LogP contribution in [-0.4, -0.2) is 18.9 Å². The molecule has 0 saturated heterocycles. The molecule has 3 heterocycles. The predicted molar refractivity (Wildman–Crippen MR) is 106 cm³/mol. The number of ether oxygens (including phenoxy) is 3. The molecule has 26 heavy (non-hydrogen) atoms. The Morgan fingerprint density at radius 3 is 2.77 bits per heavy atom. The number of hydrogen-bond acceptors (Lipinski definition) is 7. The Balaban J connectivity index is 0.00000196. The molecule has 0 aliphatic carbocycles. The van der Waals surface area contributed by atoms with Crippen molar-refractivity contribution in [1.29, 1.82) is 0 Å². The molecule has 0 fully saturated rings. The maximum Gasteiger partial charge on any atom is 0.231 e. The summed E-state index contributed by atoms with van der Waals surface area (Å²) in [4.78, 5) is 5.83. The van der Waals surface area contributed by atoms with Gasteiger partial charge < -0.3 is 19.5 Å². The third-order valence-electron chi connectivity index (χ3n) is 4.05. The second kappa shape index (κ2) is 8.73. The van der Waals surface area contributed by atoms with Gasteiger partial charge in [-0.05, 0) is 17.5 Å². The van der Waals surface area contributed by atoms with Gasteiger partial charge in [0.05, 0.1) is 13.2 Å². The number of rotatable bonds is 7. The molecule has 0 spiro atoms. The topological polar surface area (TPSA) is 52.6 Å². The van der Waals surface area contributed by atoms with Crippen LogP contribution in [0.1, 0.15) is 21.5 Å². The summed E-state index contributed by atoms with van der Waals surface area (Å²) in [6, 6.07) is 8.28. The summed E-state index contributed by atoms with van der Waals surface area (Å²) in [6.07, 6.45) is 2.77. The van der Waals surface area contributed by atoms with Gasteiger partial charge in [-0.1, -0.05) is 6.07 Å². The molecule has 2 aromatic heterocycles. The number of methoxy groups -OCH3 is 1. The molecule has 0 saturated carbocycles. The first-order chi connectivity index (χ1) is 12.3. The van der Waals surface area contributed by atoms with Gasteiger partial charge in [0.15, 0.2) is 11.5 Å². The summed E-state index contributed by atoms with van der Waals surface area (Å²) in [7, 11) is 1.67.